The largest absolute Gasteiger partial charge is 0.393 e. The number of aromatic nitrogens is 1. The van der Waals surface area contributed by atoms with Gasteiger partial charge in [0.25, 0.3) is 0 Å². The quantitative estimate of drug-likeness (QED) is 0.871. The lowest BCUT2D eigenvalue weighted by Crippen LogP contribution is -2.15. The molecule has 90 valence electrons. The Kier molecular flexibility index (Phi) is 2.97. The van der Waals surface area contributed by atoms with Gasteiger partial charge in [0, 0.05) is 21.6 Å². The van der Waals surface area contributed by atoms with Gasteiger partial charge in [0.1, 0.15) is 0 Å². The number of rotatable bonds is 2. The molecule has 3 rings (SSSR count). The van der Waals surface area contributed by atoms with Crippen LogP contribution in [0.15, 0.2) is 28.9 Å². The van der Waals surface area contributed by atoms with Gasteiger partial charge in [-0.2, -0.15) is 0 Å². The van der Waals surface area contributed by atoms with Crippen molar-refractivity contribution in [3.63, 3.8) is 0 Å². The van der Waals surface area contributed by atoms with Gasteiger partial charge in [-0.25, -0.2) is 0 Å². The van der Waals surface area contributed by atoms with Crippen LogP contribution in [0.1, 0.15) is 24.8 Å². The van der Waals surface area contributed by atoms with E-state index in [1.54, 1.807) is 0 Å². The van der Waals surface area contributed by atoms with Gasteiger partial charge in [0.2, 0.25) is 0 Å². The molecule has 2 atom stereocenters. The summed E-state index contributed by atoms with van der Waals surface area (Å²) in [5.41, 5.74) is 2.50. The van der Waals surface area contributed by atoms with E-state index in [1.165, 1.54) is 16.5 Å². The molecular formula is C14H16BrNO. The maximum Gasteiger partial charge on any atom is 0.0571 e. The molecule has 2 unspecified atom stereocenters. The highest BCUT2D eigenvalue weighted by atomic mass is 79.9. The molecule has 0 saturated heterocycles. The van der Waals surface area contributed by atoms with Gasteiger partial charge >= 0.3 is 0 Å². The van der Waals surface area contributed by atoms with Crippen LogP contribution < -0.4 is 0 Å². The molecule has 1 heterocycles. The van der Waals surface area contributed by atoms with E-state index >= 15 is 0 Å². The Morgan fingerprint density at radius 3 is 3.00 bits per heavy atom. The number of benzene rings is 1. The average Bonchev–Trinajstić information content (AvgIpc) is 2.88. The molecule has 3 heteroatoms. The van der Waals surface area contributed by atoms with Gasteiger partial charge in [-0.1, -0.05) is 22.4 Å². The number of halogens is 1. The third kappa shape index (κ3) is 2.14. The molecule has 1 aromatic heterocycles. The molecule has 1 saturated carbocycles. The lowest BCUT2D eigenvalue weighted by atomic mass is 9.96. The summed E-state index contributed by atoms with van der Waals surface area (Å²) in [6, 6.07) is 6.30. The predicted octanol–water partition coefficient (Wildman–Crippen LogP) is 3.63. The Labute approximate surface area is 109 Å². The SMILES string of the molecule is OC1CCCC1Cc1c[nH]c2ccc(Br)cc12. The topological polar surface area (TPSA) is 36.0 Å². The zero-order valence-electron chi connectivity index (χ0n) is 9.62. The zero-order valence-corrected chi connectivity index (χ0v) is 11.2. The van der Waals surface area contributed by atoms with E-state index in [2.05, 4.69) is 39.2 Å². The summed E-state index contributed by atoms with van der Waals surface area (Å²) in [6.07, 6.45) is 6.25. The third-order valence-electron chi connectivity index (χ3n) is 3.83. The Morgan fingerprint density at radius 1 is 1.35 bits per heavy atom. The minimum Gasteiger partial charge on any atom is -0.393 e. The molecule has 17 heavy (non-hydrogen) atoms. The molecule has 0 aliphatic heterocycles. The first-order valence-electron chi connectivity index (χ1n) is 6.17. The maximum absolute atomic E-state index is 9.89. The van der Waals surface area contributed by atoms with Crippen LogP contribution in [-0.4, -0.2) is 16.2 Å². The molecule has 2 aromatic rings. The van der Waals surface area contributed by atoms with Crippen LogP contribution in [-0.2, 0) is 6.42 Å². The van der Waals surface area contributed by atoms with Crippen molar-refractivity contribution in [3.8, 4) is 0 Å². The number of aromatic amines is 1. The first-order valence-corrected chi connectivity index (χ1v) is 6.97. The Bertz CT molecular complexity index is 534. The molecular weight excluding hydrogens is 278 g/mol. The van der Waals surface area contributed by atoms with Crippen molar-refractivity contribution in [1.29, 1.82) is 0 Å². The van der Waals surface area contributed by atoms with Gasteiger partial charge in [-0.15, -0.1) is 0 Å². The highest BCUT2D eigenvalue weighted by Gasteiger charge is 2.25. The molecule has 1 aliphatic carbocycles. The van der Waals surface area contributed by atoms with Gasteiger partial charge < -0.3 is 10.1 Å². The molecule has 0 radical (unpaired) electrons. The van der Waals surface area contributed by atoms with Gasteiger partial charge in [-0.3, -0.25) is 0 Å². The molecule has 2 N–H and O–H groups in total. The highest BCUT2D eigenvalue weighted by molar-refractivity contribution is 9.10. The number of hydrogen-bond donors (Lipinski definition) is 2. The minimum atomic E-state index is -0.105. The number of aliphatic hydroxyl groups is 1. The van der Waals surface area contributed by atoms with Crippen LogP contribution in [0.3, 0.4) is 0 Å². The van der Waals surface area contributed by atoms with E-state index in [-0.39, 0.29) is 6.10 Å². The summed E-state index contributed by atoms with van der Waals surface area (Å²) in [5, 5.41) is 11.2. The lowest BCUT2D eigenvalue weighted by molar-refractivity contribution is 0.133. The van der Waals surface area contributed by atoms with Crippen LogP contribution in [0, 0.1) is 5.92 Å². The van der Waals surface area contributed by atoms with Crippen molar-refractivity contribution in [2.45, 2.75) is 31.8 Å². The maximum atomic E-state index is 9.89. The van der Waals surface area contributed by atoms with Gasteiger partial charge in [0.15, 0.2) is 0 Å². The first kappa shape index (κ1) is 11.3. The zero-order chi connectivity index (χ0) is 11.8. The van der Waals surface area contributed by atoms with E-state index in [9.17, 15) is 5.11 Å². The third-order valence-corrected chi connectivity index (χ3v) is 4.32. The van der Waals surface area contributed by atoms with Crippen LogP contribution in [0.4, 0.5) is 0 Å². The molecule has 0 amide bonds. The second-order valence-electron chi connectivity index (χ2n) is 4.97. The van der Waals surface area contributed by atoms with E-state index in [0.717, 1.165) is 30.2 Å². The predicted molar refractivity (Wildman–Crippen MR) is 73.1 cm³/mol. The fourth-order valence-electron chi connectivity index (χ4n) is 2.86. The van der Waals surface area contributed by atoms with E-state index in [4.69, 9.17) is 0 Å². The van der Waals surface area contributed by atoms with Crippen LogP contribution in [0.5, 0.6) is 0 Å². The standard InChI is InChI=1S/C14H16BrNO/c15-11-4-5-13-12(7-11)10(8-16-13)6-9-2-1-3-14(9)17/h4-5,7-9,14,16-17H,1-3,6H2. The van der Waals surface area contributed by atoms with Crippen molar-refractivity contribution in [2.24, 2.45) is 5.92 Å². The number of fused-ring (bicyclic) bond motifs is 1. The molecule has 0 spiro atoms. The fraction of sp³-hybridized carbons (Fsp3) is 0.429. The van der Waals surface area contributed by atoms with Crippen LogP contribution >= 0.6 is 15.9 Å². The normalized spacial score (nSPS) is 24.6. The Hall–Kier alpha value is -0.800. The van der Waals surface area contributed by atoms with Crippen LogP contribution in [0.25, 0.3) is 10.9 Å². The molecule has 1 aliphatic rings. The number of H-pyrrole nitrogens is 1. The summed E-state index contributed by atoms with van der Waals surface area (Å²) in [5.74, 6) is 0.438. The smallest absolute Gasteiger partial charge is 0.0571 e. The van der Waals surface area contributed by atoms with E-state index < -0.39 is 0 Å². The van der Waals surface area contributed by atoms with Crippen molar-refractivity contribution in [1.82, 2.24) is 4.98 Å². The Morgan fingerprint density at radius 2 is 2.24 bits per heavy atom. The average molecular weight is 294 g/mol. The molecule has 2 nitrogen and oxygen atoms in total. The second kappa shape index (κ2) is 4.46. The summed E-state index contributed by atoms with van der Waals surface area (Å²) in [6.45, 7) is 0. The van der Waals surface area contributed by atoms with E-state index in [1.807, 2.05) is 6.07 Å². The fourth-order valence-corrected chi connectivity index (χ4v) is 3.22. The number of nitrogens with one attached hydrogen (secondary N) is 1. The minimum absolute atomic E-state index is 0.105. The van der Waals surface area contributed by atoms with Gasteiger partial charge in [-0.05, 0) is 48.9 Å². The summed E-state index contributed by atoms with van der Waals surface area (Å²) in [7, 11) is 0. The van der Waals surface area contributed by atoms with Crippen molar-refractivity contribution in [2.75, 3.05) is 0 Å². The van der Waals surface area contributed by atoms with Crippen molar-refractivity contribution in [3.05, 3.63) is 34.4 Å². The lowest BCUT2D eigenvalue weighted by Gasteiger charge is -2.13. The number of hydrogen-bond acceptors (Lipinski definition) is 1. The first-order chi connectivity index (χ1) is 8.24. The summed E-state index contributed by atoms with van der Waals surface area (Å²) < 4.78 is 1.11. The highest BCUT2D eigenvalue weighted by Crippen LogP contribution is 2.31. The summed E-state index contributed by atoms with van der Waals surface area (Å²) in [4.78, 5) is 3.30. The molecule has 1 fully saturated rings. The van der Waals surface area contributed by atoms with E-state index in [0.29, 0.717) is 5.92 Å². The van der Waals surface area contributed by atoms with Crippen molar-refractivity contribution >= 4 is 26.8 Å². The van der Waals surface area contributed by atoms with Crippen molar-refractivity contribution < 1.29 is 5.11 Å². The van der Waals surface area contributed by atoms with Crippen LogP contribution in [0.2, 0.25) is 0 Å². The Balaban J connectivity index is 1.92. The summed E-state index contributed by atoms with van der Waals surface area (Å²) >= 11 is 3.51. The number of aliphatic hydroxyl groups excluding tert-OH is 1. The monoisotopic (exact) mass is 293 g/mol. The molecule has 0 bridgehead atoms. The molecule has 1 aromatic carbocycles. The van der Waals surface area contributed by atoms with Gasteiger partial charge in [0.05, 0.1) is 6.10 Å². The second-order valence-corrected chi connectivity index (χ2v) is 5.88.